The van der Waals surface area contributed by atoms with E-state index in [2.05, 4.69) is 10.3 Å². The number of aryl methyl sites for hydroxylation is 1. The summed E-state index contributed by atoms with van der Waals surface area (Å²) >= 11 is 0. The van der Waals surface area contributed by atoms with Gasteiger partial charge in [0.05, 0.1) is 11.4 Å². The molecule has 4 rings (SSSR count). The maximum absolute atomic E-state index is 4.91. The first-order chi connectivity index (χ1) is 10.3. The van der Waals surface area contributed by atoms with Crippen molar-refractivity contribution in [3.63, 3.8) is 0 Å². The normalized spacial score (nSPS) is 18.1. The van der Waals surface area contributed by atoms with E-state index in [1.54, 1.807) is 0 Å². The van der Waals surface area contributed by atoms with Crippen molar-refractivity contribution in [2.24, 2.45) is 0 Å². The third kappa shape index (κ3) is 2.33. The van der Waals surface area contributed by atoms with Gasteiger partial charge in [0, 0.05) is 36.7 Å². The average molecular weight is 280 g/mol. The minimum atomic E-state index is 0.630. The zero-order valence-corrected chi connectivity index (χ0v) is 12.4. The standard InChI is InChI=1S/C17H20N4/c1-11-4-2-7-15(19-11)17-20-14-8-9-18-10-13(14)16(21-17)12-5-3-6-12/h2,4,7,12,18H,3,5-6,8-10H2,1H3. The monoisotopic (exact) mass is 280 g/mol. The Hall–Kier alpha value is -1.81. The second-order valence-corrected chi connectivity index (χ2v) is 6.08. The van der Waals surface area contributed by atoms with Gasteiger partial charge in [-0.25, -0.2) is 15.0 Å². The summed E-state index contributed by atoms with van der Waals surface area (Å²) in [5, 5.41) is 3.46. The van der Waals surface area contributed by atoms with Crippen LogP contribution in [0.4, 0.5) is 0 Å². The van der Waals surface area contributed by atoms with Gasteiger partial charge >= 0.3 is 0 Å². The molecule has 0 atom stereocenters. The van der Waals surface area contributed by atoms with Crippen molar-refractivity contribution in [2.45, 2.75) is 45.1 Å². The molecule has 4 nitrogen and oxygen atoms in total. The lowest BCUT2D eigenvalue weighted by atomic mass is 9.80. The van der Waals surface area contributed by atoms with Crippen molar-refractivity contribution in [1.82, 2.24) is 20.3 Å². The molecule has 0 spiro atoms. The van der Waals surface area contributed by atoms with E-state index < -0.39 is 0 Å². The van der Waals surface area contributed by atoms with Gasteiger partial charge in [-0.2, -0.15) is 0 Å². The molecule has 0 radical (unpaired) electrons. The number of fused-ring (bicyclic) bond motifs is 1. The Bertz CT molecular complexity index is 676. The van der Waals surface area contributed by atoms with E-state index in [1.165, 1.54) is 36.2 Å². The van der Waals surface area contributed by atoms with Gasteiger partial charge in [0.25, 0.3) is 0 Å². The van der Waals surface area contributed by atoms with Gasteiger partial charge in [0.1, 0.15) is 5.69 Å². The van der Waals surface area contributed by atoms with Gasteiger partial charge in [0.15, 0.2) is 5.82 Å². The molecule has 0 saturated heterocycles. The molecule has 1 N–H and O–H groups in total. The van der Waals surface area contributed by atoms with Crippen LogP contribution in [0.15, 0.2) is 18.2 Å². The van der Waals surface area contributed by atoms with Crippen LogP contribution in [0.5, 0.6) is 0 Å². The molecule has 0 bridgehead atoms. The van der Waals surface area contributed by atoms with Crippen molar-refractivity contribution < 1.29 is 0 Å². The first-order valence-electron chi connectivity index (χ1n) is 7.86. The van der Waals surface area contributed by atoms with Crippen LogP contribution in [0.2, 0.25) is 0 Å². The minimum Gasteiger partial charge on any atom is -0.312 e. The van der Waals surface area contributed by atoms with E-state index in [0.29, 0.717) is 5.92 Å². The molecule has 0 aromatic carbocycles. The molecule has 1 saturated carbocycles. The van der Waals surface area contributed by atoms with E-state index in [1.807, 2.05) is 25.1 Å². The summed E-state index contributed by atoms with van der Waals surface area (Å²) < 4.78 is 0. The Kier molecular flexibility index (Phi) is 3.19. The predicted molar refractivity (Wildman–Crippen MR) is 82.0 cm³/mol. The molecular weight excluding hydrogens is 260 g/mol. The molecule has 1 fully saturated rings. The van der Waals surface area contributed by atoms with Crippen molar-refractivity contribution in [3.05, 3.63) is 40.8 Å². The van der Waals surface area contributed by atoms with Gasteiger partial charge in [-0.15, -0.1) is 0 Å². The highest BCUT2D eigenvalue weighted by Gasteiger charge is 2.27. The van der Waals surface area contributed by atoms with Crippen molar-refractivity contribution in [2.75, 3.05) is 6.54 Å². The fourth-order valence-corrected chi connectivity index (χ4v) is 3.17. The summed E-state index contributed by atoms with van der Waals surface area (Å²) in [5.74, 6) is 1.44. The zero-order chi connectivity index (χ0) is 14.2. The summed E-state index contributed by atoms with van der Waals surface area (Å²) in [6.45, 7) is 3.94. The van der Waals surface area contributed by atoms with Crippen LogP contribution in [0.1, 0.15) is 47.8 Å². The fraction of sp³-hybridized carbons (Fsp3) is 0.471. The summed E-state index contributed by atoms with van der Waals surface area (Å²) in [4.78, 5) is 14.3. The van der Waals surface area contributed by atoms with Crippen LogP contribution in [0.3, 0.4) is 0 Å². The smallest absolute Gasteiger partial charge is 0.178 e. The Morgan fingerprint density at radius 2 is 2.05 bits per heavy atom. The van der Waals surface area contributed by atoms with Crippen LogP contribution in [-0.2, 0) is 13.0 Å². The number of rotatable bonds is 2. The largest absolute Gasteiger partial charge is 0.312 e. The molecule has 3 heterocycles. The molecule has 0 amide bonds. The van der Waals surface area contributed by atoms with Crippen LogP contribution in [0, 0.1) is 6.92 Å². The summed E-state index contributed by atoms with van der Waals surface area (Å²) in [6, 6.07) is 6.06. The molecule has 2 aromatic heterocycles. The van der Waals surface area contributed by atoms with Crippen LogP contribution >= 0.6 is 0 Å². The molecule has 108 valence electrons. The number of hydrogen-bond acceptors (Lipinski definition) is 4. The highest BCUT2D eigenvalue weighted by atomic mass is 15.0. The van der Waals surface area contributed by atoms with Crippen LogP contribution in [-0.4, -0.2) is 21.5 Å². The molecule has 2 aromatic rings. The second kappa shape index (κ2) is 5.19. The Labute approximate surface area is 125 Å². The first kappa shape index (κ1) is 12.9. The Balaban J connectivity index is 1.84. The van der Waals surface area contributed by atoms with Crippen LogP contribution < -0.4 is 5.32 Å². The maximum Gasteiger partial charge on any atom is 0.178 e. The van der Waals surface area contributed by atoms with Crippen LogP contribution in [0.25, 0.3) is 11.5 Å². The first-order valence-corrected chi connectivity index (χ1v) is 7.86. The third-order valence-electron chi connectivity index (χ3n) is 4.57. The lowest BCUT2D eigenvalue weighted by molar-refractivity contribution is 0.404. The zero-order valence-electron chi connectivity index (χ0n) is 12.4. The number of nitrogens with one attached hydrogen (secondary N) is 1. The maximum atomic E-state index is 4.91. The SMILES string of the molecule is Cc1cccc(-c2nc3c(c(C4CCC4)n2)CNCC3)n1. The van der Waals surface area contributed by atoms with Gasteiger partial charge in [-0.3, -0.25) is 0 Å². The molecular formula is C17H20N4. The summed E-state index contributed by atoms with van der Waals surface area (Å²) in [5.41, 5.74) is 5.76. The van der Waals surface area contributed by atoms with E-state index >= 15 is 0 Å². The molecule has 2 aliphatic rings. The molecule has 1 aliphatic carbocycles. The second-order valence-electron chi connectivity index (χ2n) is 6.08. The lowest BCUT2D eigenvalue weighted by Crippen LogP contribution is -2.28. The molecule has 0 unspecified atom stereocenters. The Morgan fingerprint density at radius 1 is 1.14 bits per heavy atom. The van der Waals surface area contributed by atoms with E-state index in [0.717, 1.165) is 36.7 Å². The van der Waals surface area contributed by atoms with Gasteiger partial charge in [-0.1, -0.05) is 12.5 Å². The predicted octanol–water partition coefficient (Wildman–Crippen LogP) is 2.76. The van der Waals surface area contributed by atoms with Gasteiger partial charge in [0.2, 0.25) is 0 Å². The number of nitrogens with zero attached hydrogens (tertiary/aromatic N) is 3. The summed E-state index contributed by atoms with van der Waals surface area (Å²) in [6.07, 6.45) is 4.86. The highest BCUT2D eigenvalue weighted by Crippen LogP contribution is 2.38. The topological polar surface area (TPSA) is 50.7 Å². The van der Waals surface area contributed by atoms with Gasteiger partial charge in [-0.05, 0) is 31.9 Å². The van der Waals surface area contributed by atoms with Crippen molar-refractivity contribution in [1.29, 1.82) is 0 Å². The minimum absolute atomic E-state index is 0.630. The average Bonchev–Trinajstić information content (AvgIpc) is 2.45. The van der Waals surface area contributed by atoms with Gasteiger partial charge < -0.3 is 5.32 Å². The summed E-state index contributed by atoms with van der Waals surface area (Å²) in [7, 11) is 0. The fourth-order valence-electron chi connectivity index (χ4n) is 3.17. The number of aromatic nitrogens is 3. The molecule has 21 heavy (non-hydrogen) atoms. The van der Waals surface area contributed by atoms with Crippen molar-refractivity contribution in [3.8, 4) is 11.5 Å². The molecule has 1 aliphatic heterocycles. The highest BCUT2D eigenvalue weighted by molar-refractivity contribution is 5.51. The van der Waals surface area contributed by atoms with Crippen molar-refractivity contribution >= 4 is 0 Å². The Morgan fingerprint density at radius 3 is 2.81 bits per heavy atom. The van der Waals surface area contributed by atoms with E-state index in [4.69, 9.17) is 9.97 Å². The molecule has 4 heteroatoms. The van der Waals surface area contributed by atoms with E-state index in [9.17, 15) is 0 Å². The lowest BCUT2D eigenvalue weighted by Gasteiger charge is -2.29. The number of pyridine rings is 1. The third-order valence-corrected chi connectivity index (χ3v) is 4.57. The quantitative estimate of drug-likeness (QED) is 0.919. The van der Waals surface area contributed by atoms with E-state index in [-0.39, 0.29) is 0 Å². The number of hydrogen-bond donors (Lipinski definition) is 1.